The van der Waals surface area contributed by atoms with Crippen molar-refractivity contribution in [2.45, 2.75) is 32.7 Å². The average molecular weight is 286 g/mol. The third-order valence-electron chi connectivity index (χ3n) is 3.48. The highest BCUT2D eigenvalue weighted by Crippen LogP contribution is 2.28. The van der Waals surface area contributed by atoms with Gasteiger partial charge in [0.15, 0.2) is 0 Å². The van der Waals surface area contributed by atoms with Gasteiger partial charge in [0.1, 0.15) is 0 Å². The third kappa shape index (κ3) is 2.48. The molecule has 0 aromatic carbocycles. The van der Waals surface area contributed by atoms with Crippen molar-refractivity contribution in [1.29, 1.82) is 0 Å². The number of halogens is 1. The van der Waals surface area contributed by atoms with Crippen LogP contribution in [0.5, 0.6) is 0 Å². The molecule has 1 aromatic heterocycles. The quantitative estimate of drug-likeness (QED) is 0.848. The summed E-state index contributed by atoms with van der Waals surface area (Å²) in [5, 5.41) is 4.42. The molecule has 1 fully saturated rings. The molecule has 0 aliphatic heterocycles. The van der Waals surface area contributed by atoms with E-state index in [1.807, 2.05) is 18.7 Å². The second kappa shape index (κ2) is 4.88. The molecule has 0 bridgehead atoms. The molecule has 1 heterocycles. The Morgan fingerprint density at radius 1 is 1.50 bits per heavy atom. The number of rotatable bonds is 4. The average Bonchev–Trinajstić information content (AvgIpc) is 2.39. The Kier molecular flexibility index (Phi) is 3.70. The number of aromatic nitrogens is 2. The maximum Gasteiger partial charge on any atom is 0.0739 e. The van der Waals surface area contributed by atoms with Gasteiger partial charge in [-0.25, -0.2) is 0 Å². The van der Waals surface area contributed by atoms with E-state index >= 15 is 0 Å². The van der Waals surface area contributed by atoms with Crippen LogP contribution in [0.4, 0.5) is 0 Å². The Hall–Kier alpha value is -0.350. The SMILES string of the molecule is Cc1nn(C)c(CN(C)CC2CCC2)c1Br. The molecule has 3 nitrogen and oxygen atoms in total. The zero-order valence-electron chi connectivity index (χ0n) is 10.3. The molecular formula is C12H20BrN3. The summed E-state index contributed by atoms with van der Waals surface area (Å²) < 4.78 is 3.15. The van der Waals surface area contributed by atoms with Crippen LogP contribution in [0.2, 0.25) is 0 Å². The molecule has 1 saturated carbocycles. The van der Waals surface area contributed by atoms with E-state index < -0.39 is 0 Å². The first-order valence-corrected chi connectivity index (χ1v) is 6.73. The minimum Gasteiger partial charge on any atom is -0.300 e. The summed E-state index contributed by atoms with van der Waals surface area (Å²) in [4.78, 5) is 2.41. The smallest absolute Gasteiger partial charge is 0.0739 e. The van der Waals surface area contributed by atoms with Gasteiger partial charge >= 0.3 is 0 Å². The Bertz CT molecular complexity index is 369. The van der Waals surface area contributed by atoms with Crippen LogP contribution in [0, 0.1) is 12.8 Å². The summed E-state index contributed by atoms with van der Waals surface area (Å²) in [6, 6.07) is 0. The fraction of sp³-hybridized carbons (Fsp3) is 0.750. The molecule has 1 aliphatic rings. The fourth-order valence-corrected chi connectivity index (χ4v) is 2.75. The van der Waals surface area contributed by atoms with Gasteiger partial charge in [0.2, 0.25) is 0 Å². The first-order chi connectivity index (χ1) is 7.58. The standard InChI is InChI=1S/C12H20BrN3/c1-9-12(13)11(16(3)14-9)8-15(2)7-10-5-4-6-10/h10H,4-8H2,1-3H3. The van der Waals surface area contributed by atoms with Crippen molar-refractivity contribution in [3.8, 4) is 0 Å². The molecule has 0 radical (unpaired) electrons. The van der Waals surface area contributed by atoms with Gasteiger partial charge in [0.05, 0.1) is 15.9 Å². The predicted octanol–water partition coefficient (Wildman–Crippen LogP) is 2.72. The Labute approximate surface area is 106 Å². The van der Waals surface area contributed by atoms with Crippen molar-refractivity contribution >= 4 is 15.9 Å². The van der Waals surface area contributed by atoms with Gasteiger partial charge in [0, 0.05) is 20.1 Å². The molecule has 1 aliphatic carbocycles. The fourth-order valence-electron chi connectivity index (χ4n) is 2.29. The van der Waals surface area contributed by atoms with E-state index in [-0.39, 0.29) is 0 Å². The summed E-state index contributed by atoms with van der Waals surface area (Å²) >= 11 is 3.62. The second-order valence-electron chi connectivity index (χ2n) is 4.96. The largest absolute Gasteiger partial charge is 0.300 e. The highest BCUT2D eigenvalue weighted by Gasteiger charge is 2.20. The molecule has 0 saturated heterocycles. The van der Waals surface area contributed by atoms with Crippen molar-refractivity contribution in [3.63, 3.8) is 0 Å². The highest BCUT2D eigenvalue weighted by molar-refractivity contribution is 9.10. The number of hydrogen-bond donors (Lipinski definition) is 0. The minimum atomic E-state index is 0.929. The van der Waals surface area contributed by atoms with E-state index in [9.17, 15) is 0 Å². The zero-order valence-corrected chi connectivity index (χ0v) is 11.9. The van der Waals surface area contributed by atoms with Gasteiger partial charge in [-0.3, -0.25) is 4.68 Å². The lowest BCUT2D eigenvalue weighted by Gasteiger charge is -2.30. The second-order valence-corrected chi connectivity index (χ2v) is 5.76. The van der Waals surface area contributed by atoms with Crippen LogP contribution in [0.3, 0.4) is 0 Å². The van der Waals surface area contributed by atoms with Gasteiger partial charge in [-0.15, -0.1) is 0 Å². The number of aryl methyl sites for hydroxylation is 2. The lowest BCUT2D eigenvalue weighted by Crippen LogP contribution is -2.29. The molecule has 0 amide bonds. The van der Waals surface area contributed by atoms with Crippen LogP contribution < -0.4 is 0 Å². The van der Waals surface area contributed by atoms with Gasteiger partial charge in [-0.05, 0) is 48.7 Å². The minimum absolute atomic E-state index is 0.929. The van der Waals surface area contributed by atoms with Crippen LogP contribution >= 0.6 is 15.9 Å². The number of nitrogens with zero attached hydrogens (tertiary/aromatic N) is 3. The van der Waals surface area contributed by atoms with E-state index in [1.54, 1.807) is 0 Å². The van der Waals surface area contributed by atoms with Gasteiger partial charge in [-0.2, -0.15) is 5.10 Å². The molecule has 16 heavy (non-hydrogen) atoms. The van der Waals surface area contributed by atoms with Gasteiger partial charge in [-0.1, -0.05) is 6.42 Å². The summed E-state index contributed by atoms with van der Waals surface area (Å²) in [6.07, 6.45) is 4.25. The molecule has 90 valence electrons. The van der Waals surface area contributed by atoms with E-state index in [4.69, 9.17) is 0 Å². The van der Waals surface area contributed by atoms with Crippen molar-refractivity contribution in [2.75, 3.05) is 13.6 Å². The lowest BCUT2D eigenvalue weighted by molar-refractivity contribution is 0.197. The van der Waals surface area contributed by atoms with Crippen molar-refractivity contribution in [1.82, 2.24) is 14.7 Å². The van der Waals surface area contributed by atoms with Crippen LogP contribution in [0.25, 0.3) is 0 Å². The Morgan fingerprint density at radius 3 is 2.62 bits per heavy atom. The monoisotopic (exact) mass is 285 g/mol. The molecular weight excluding hydrogens is 266 g/mol. The van der Waals surface area contributed by atoms with Crippen molar-refractivity contribution in [3.05, 3.63) is 15.9 Å². The summed E-state index contributed by atoms with van der Waals surface area (Å²) in [5.41, 5.74) is 2.36. The number of hydrogen-bond acceptors (Lipinski definition) is 2. The molecule has 0 spiro atoms. The Balaban J connectivity index is 1.96. The zero-order chi connectivity index (χ0) is 11.7. The maximum atomic E-state index is 4.42. The van der Waals surface area contributed by atoms with Gasteiger partial charge in [0.25, 0.3) is 0 Å². The first-order valence-electron chi connectivity index (χ1n) is 5.94. The van der Waals surface area contributed by atoms with Crippen molar-refractivity contribution in [2.24, 2.45) is 13.0 Å². The summed E-state index contributed by atoms with van der Waals surface area (Å²) in [5.74, 6) is 0.929. The maximum absolute atomic E-state index is 4.42. The molecule has 4 heteroatoms. The molecule has 2 rings (SSSR count). The Morgan fingerprint density at radius 2 is 2.19 bits per heavy atom. The summed E-state index contributed by atoms with van der Waals surface area (Å²) in [6.45, 7) is 4.24. The van der Waals surface area contributed by atoms with Crippen LogP contribution in [0.15, 0.2) is 4.47 Å². The van der Waals surface area contributed by atoms with E-state index in [0.717, 1.165) is 22.6 Å². The highest BCUT2D eigenvalue weighted by atomic mass is 79.9. The van der Waals surface area contributed by atoms with Crippen LogP contribution in [-0.2, 0) is 13.6 Å². The van der Waals surface area contributed by atoms with Crippen molar-refractivity contribution < 1.29 is 0 Å². The topological polar surface area (TPSA) is 21.1 Å². The van der Waals surface area contributed by atoms with E-state index in [1.165, 1.54) is 31.5 Å². The normalized spacial score (nSPS) is 16.8. The molecule has 0 atom stereocenters. The first kappa shape index (κ1) is 12.1. The molecule has 0 N–H and O–H groups in total. The predicted molar refractivity (Wildman–Crippen MR) is 69.3 cm³/mol. The molecule has 0 unspecified atom stereocenters. The van der Waals surface area contributed by atoms with Gasteiger partial charge < -0.3 is 4.90 Å². The third-order valence-corrected chi connectivity index (χ3v) is 4.51. The van der Waals surface area contributed by atoms with Crippen LogP contribution in [0.1, 0.15) is 30.7 Å². The van der Waals surface area contributed by atoms with E-state index in [2.05, 4.69) is 33.0 Å². The molecule has 1 aromatic rings. The summed E-state index contributed by atoms with van der Waals surface area (Å²) in [7, 11) is 4.22. The van der Waals surface area contributed by atoms with Crippen LogP contribution in [-0.4, -0.2) is 28.3 Å². The lowest BCUT2D eigenvalue weighted by atomic mass is 9.85. The van der Waals surface area contributed by atoms with E-state index in [0.29, 0.717) is 0 Å².